The molecule has 2 atom stereocenters. The molecule has 1 saturated heterocycles. The summed E-state index contributed by atoms with van der Waals surface area (Å²) in [6.45, 7) is 4.40. The quantitative estimate of drug-likeness (QED) is 0.649. The summed E-state index contributed by atoms with van der Waals surface area (Å²) in [5, 5.41) is 14.4. The van der Waals surface area contributed by atoms with Gasteiger partial charge < -0.3 is 5.32 Å². The maximum absolute atomic E-state index is 12.8. The Labute approximate surface area is 140 Å². The van der Waals surface area contributed by atoms with E-state index in [1.165, 1.54) is 10.4 Å². The van der Waals surface area contributed by atoms with Crippen molar-refractivity contribution in [1.82, 2.24) is 9.62 Å². The van der Waals surface area contributed by atoms with E-state index in [-0.39, 0.29) is 41.0 Å². The second-order valence-electron chi connectivity index (χ2n) is 4.97. The van der Waals surface area contributed by atoms with Crippen molar-refractivity contribution >= 4 is 39.7 Å². The van der Waals surface area contributed by atoms with Crippen LogP contribution in [0.4, 0.5) is 5.69 Å². The first-order chi connectivity index (χ1) is 9.75. The first-order valence-corrected chi connectivity index (χ1v) is 8.26. The molecule has 2 unspecified atom stereocenters. The minimum Gasteiger partial charge on any atom is -0.311 e. The molecule has 0 saturated carbocycles. The van der Waals surface area contributed by atoms with E-state index < -0.39 is 20.6 Å². The summed E-state index contributed by atoms with van der Waals surface area (Å²) in [6, 6.07) is 3.22. The van der Waals surface area contributed by atoms with Crippen LogP contribution < -0.4 is 5.32 Å². The summed E-state index contributed by atoms with van der Waals surface area (Å²) in [7, 11) is -3.98. The molecule has 1 fully saturated rings. The number of nitro benzene ring substituents is 1. The third-order valence-electron chi connectivity index (χ3n) is 3.68. The molecule has 1 aliphatic rings. The van der Waals surface area contributed by atoms with Crippen LogP contribution in [0.5, 0.6) is 0 Å². The van der Waals surface area contributed by atoms with Gasteiger partial charge in [-0.15, -0.1) is 12.4 Å². The van der Waals surface area contributed by atoms with Gasteiger partial charge in [-0.2, -0.15) is 4.31 Å². The van der Waals surface area contributed by atoms with Crippen molar-refractivity contribution in [2.75, 3.05) is 13.1 Å². The van der Waals surface area contributed by atoms with Gasteiger partial charge in [0.25, 0.3) is 5.69 Å². The molecule has 0 bridgehead atoms. The lowest BCUT2D eigenvalue weighted by Gasteiger charge is -2.37. The van der Waals surface area contributed by atoms with E-state index in [4.69, 9.17) is 11.6 Å². The second kappa shape index (κ2) is 7.10. The smallest absolute Gasteiger partial charge is 0.289 e. The van der Waals surface area contributed by atoms with Crippen molar-refractivity contribution in [1.29, 1.82) is 0 Å². The molecule has 124 valence electrons. The molecule has 0 amide bonds. The van der Waals surface area contributed by atoms with Crippen LogP contribution in [0.15, 0.2) is 23.1 Å². The van der Waals surface area contributed by atoms with E-state index in [9.17, 15) is 18.5 Å². The SMILES string of the molecule is CC1NCCN(S(=O)(=O)c2cc(Cl)ccc2[N+](=O)[O-])C1C.Cl. The van der Waals surface area contributed by atoms with E-state index in [1.54, 1.807) is 6.92 Å². The zero-order valence-corrected chi connectivity index (χ0v) is 14.4. The lowest BCUT2D eigenvalue weighted by atomic mass is 10.1. The van der Waals surface area contributed by atoms with E-state index in [0.29, 0.717) is 6.54 Å². The molecule has 0 aliphatic carbocycles. The number of nitrogens with one attached hydrogen (secondary N) is 1. The lowest BCUT2D eigenvalue weighted by molar-refractivity contribution is -0.387. The van der Waals surface area contributed by atoms with Gasteiger partial charge in [-0.05, 0) is 26.0 Å². The minimum absolute atomic E-state index is 0. The third kappa shape index (κ3) is 3.52. The summed E-state index contributed by atoms with van der Waals surface area (Å²) >= 11 is 5.81. The number of rotatable bonds is 3. The Kier molecular flexibility index (Phi) is 6.17. The van der Waals surface area contributed by atoms with Gasteiger partial charge in [0, 0.05) is 36.3 Å². The van der Waals surface area contributed by atoms with Gasteiger partial charge in [0.2, 0.25) is 10.0 Å². The maximum atomic E-state index is 12.8. The highest BCUT2D eigenvalue weighted by molar-refractivity contribution is 7.89. The maximum Gasteiger partial charge on any atom is 0.289 e. The Morgan fingerprint density at radius 2 is 2.05 bits per heavy atom. The fourth-order valence-electron chi connectivity index (χ4n) is 2.34. The highest BCUT2D eigenvalue weighted by Crippen LogP contribution is 2.31. The van der Waals surface area contributed by atoms with Gasteiger partial charge in [0.15, 0.2) is 4.90 Å². The van der Waals surface area contributed by atoms with Crippen LogP contribution in [0, 0.1) is 10.1 Å². The first-order valence-electron chi connectivity index (χ1n) is 6.44. The Bertz CT molecular complexity index is 668. The van der Waals surface area contributed by atoms with E-state index in [1.807, 2.05) is 6.92 Å². The fraction of sp³-hybridized carbons (Fsp3) is 0.500. The Hall–Kier alpha value is -0.930. The molecule has 2 rings (SSSR count). The van der Waals surface area contributed by atoms with Crippen molar-refractivity contribution in [2.45, 2.75) is 30.8 Å². The molecule has 7 nitrogen and oxygen atoms in total. The van der Waals surface area contributed by atoms with Gasteiger partial charge in [-0.1, -0.05) is 11.6 Å². The number of halogens is 2. The average molecular weight is 370 g/mol. The standard InChI is InChI=1S/C12H16ClN3O4S.ClH/c1-8-9(2)15(6-5-14-8)21(19,20)12-7-10(13)3-4-11(12)16(17)18;/h3-4,7-9,14H,5-6H2,1-2H3;1H. The monoisotopic (exact) mass is 369 g/mol. The van der Waals surface area contributed by atoms with Gasteiger partial charge >= 0.3 is 0 Å². The topological polar surface area (TPSA) is 92.6 Å². The molecule has 22 heavy (non-hydrogen) atoms. The van der Waals surface area contributed by atoms with E-state index in [2.05, 4.69) is 5.32 Å². The molecule has 1 heterocycles. The molecule has 1 aliphatic heterocycles. The molecule has 1 aromatic rings. The number of nitrogens with zero attached hydrogens (tertiary/aromatic N) is 2. The molecular formula is C12H17Cl2N3O4S. The molecule has 0 radical (unpaired) electrons. The van der Waals surface area contributed by atoms with Crippen molar-refractivity contribution in [2.24, 2.45) is 0 Å². The summed E-state index contributed by atoms with van der Waals surface area (Å²) in [5.41, 5.74) is -0.460. The van der Waals surface area contributed by atoms with Gasteiger partial charge in [0.05, 0.1) is 4.92 Å². The van der Waals surface area contributed by atoms with Gasteiger partial charge in [0.1, 0.15) is 0 Å². The van der Waals surface area contributed by atoms with Crippen LogP contribution in [0.3, 0.4) is 0 Å². The largest absolute Gasteiger partial charge is 0.311 e. The molecule has 1 N–H and O–H groups in total. The molecule has 0 spiro atoms. The highest BCUT2D eigenvalue weighted by atomic mass is 35.5. The first kappa shape index (κ1) is 19.1. The predicted molar refractivity (Wildman–Crippen MR) is 86.2 cm³/mol. The number of nitro groups is 1. The van der Waals surface area contributed by atoms with Crippen molar-refractivity contribution in [3.05, 3.63) is 33.3 Å². The van der Waals surface area contributed by atoms with Crippen LogP contribution in [-0.4, -0.2) is 42.8 Å². The highest BCUT2D eigenvalue weighted by Gasteiger charge is 2.38. The van der Waals surface area contributed by atoms with Crippen LogP contribution in [-0.2, 0) is 10.0 Å². The number of benzene rings is 1. The Morgan fingerprint density at radius 1 is 1.41 bits per heavy atom. The Morgan fingerprint density at radius 3 is 2.64 bits per heavy atom. The molecule has 0 aromatic heterocycles. The predicted octanol–water partition coefficient (Wildman–Crippen LogP) is 2.04. The number of hydrogen-bond donors (Lipinski definition) is 1. The van der Waals surface area contributed by atoms with Crippen molar-refractivity contribution < 1.29 is 13.3 Å². The number of sulfonamides is 1. The van der Waals surface area contributed by atoms with Gasteiger partial charge in [-0.3, -0.25) is 10.1 Å². The summed E-state index contributed by atoms with van der Waals surface area (Å²) in [5.74, 6) is 0. The fourth-order valence-corrected chi connectivity index (χ4v) is 4.46. The van der Waals surface area contributed by atoms with Crippen LogP contribution in [0.25, 0.3) is 0 Å². The zero-order chi connectivity index (χ0) is 15.8. The van der Waals surface area contributed by atoms with Crippen molar-refractivity contribution in [3.8, 4) is 0 Å². The molecule has 1 aromatic carbocycles. The Balaban J connectivity index is 0.00000242. The van der Waals surface area contributed by atoms with E-state index >= 15 is 0 Å². The summed E-state index contributed by atoms with van der Waals surface area (Å²) in [6.07, 6.45) is 0. The number of piperazine rings is 1. The normalized spacial score (nSPS) is 22.9. The molecular weight excluding hydrogens is 353 g/mol. The third-order valence-corrected chi connectivity index (χ3v) is 5.93. The van der Waals surface area contributed by atoms with Crippen LogP contribution >= 0.6 is 24.0 Å². The van der Waals surface area contributed by atoms with Gasteiger partial charge in [-0.25, -0.2) is 8.42 Å². The number of hydrogen-bond acceptors (Lipinski definition) is 5. The summed E-state index contributed by atoms with van der Waals surface area (Å²) in [4.78, 5) is 10.0. The lowest BCUT2D eigenvalue weighted by Crippen LogP contribution is -2.57. The van der Waals surface area contributed by atoms with Crippen LogP contribution in [0.1, 0.15) is 13.8 Å². The molecule has 10 heteroatoms. The minimum atomic E-state index is -3.98. The van der Waals surface area contributed by atoms with Crippen LogP contribution in [0.2, 0.25) is 5.02 Å². The van der Waals surface area contributed by atoms with Crippen molar-refractivity contribution in [3.63, 3.8) is 0 Å². The second-order valence-corrected chi connectivity index (χ2v) is 7.26. The zero-order valence-electron chi connectivity index (χ0n) is 12.0. The summed E-state index contributed by atoms with van der Waals surface area (Å²) < 4.78 is 26.8. The van der Waals surface area contributed by atoms with E-state index in [0.717, 1.165) is 12.1 Å². The average Bonchev–Trinajstić information content (AvgIpc) is 2.41.